The average molecular weight is 334 g/mol. The quantitative estimate of drug-likeness (QED) is 0.495. The van der Waals surface area contributed by atoms with Gasteiger partial charge in [0.05, 0.1) is 12.5 Å². The van der Waals surface area contributed by atoms with Gasteiger partial charge in [-0.1, -0.05) is 0 Å². The van der Waals surface area contributed by atoms with Gasteiger partial charge in [-0.25, -0.2) is 0 Å². The summed E-state index contributed by atoms with van der Waals surface area (Å²) in [6, 6.07) is 4.47. The summed E-state index contributed by atoms with van der Waals surface area (Å²) in [5.41, 5.74) is 1.12. The number of rotatable bonds is 3. The van der Waals surface area contributed by atoms with Crippen LogP contribution >= 0.6 is 0 Å². The molecule has 2 rings (SSSR count). The summed E-state index contributed by atoms with van der Waals surface area (Å²) in [5.74, 6) is -2.05. The number of likely N-dealkylation sites (tertiary alicyclic amines) is 1. The summed E-state index contributed by atoms with van der Waals surface area (Å²) in [6.07, 6.45) is 1.31. The maximum absolute atomic E-state index is 12.3. The van der Waals surface area contributed by atoms with Gasteiger partial charge in [-0.3, -0.25) is 14.4 Å². The number of carbonyl (C=O) groups is 3. The number of hydrogen-bond acceptors (Lipinski definition) is 5. The maximum atomic E-state index is 12.3. The predicted octanol–water partition coefficient (Wildman–Crippen LogP) is 1.44. The van der Waals surface area contributed by atoms with Crippen LogP contribution in [0.3, 0.4) is 0 Å². The van der Waals surface area contributed by atoms with E-state index < -0.39 is 11.8 Å². The van der Waals surface area contributed by atoms with Gasteiger partial charge < -0.3 is 20.1 Å². The van der Waals surface area contributed by atoms with Gasteiger partial charge in [0.2, 0.25) is 0 Å². The number of anilines is 1. The third-order valence-corrected chi connectivity index (χ3v) is 3.98. The van der Waals surface area contributed by atoms with E-state index in [0.717, 1.165) is 0 Å². The monoisotopic (exact) mass is 334 g/mol. The van der Waals surface area contributed by atoms with Crippen LogP contribution in [0.4, 0.5) is 5.69 Å². The van der Waals surface area contributed by atoms with Crippen molar-refractivity contribution in [1.82, 2.24) is 4.90 Å². The van der Waals surface area contributed by atoms with Crippen molar-refractivity contribution in [2.24, 2.45) is 5.92 Å². The van der Waals surface area contributed by atoms with Gasteiger partial charge >= 0.3 is 17.8 Å². The zero-order valence-corrected chi connectivity index (χ0v) is 13.9. The zero-order valence-electron chi connectivity index (χ0n) is 13.9. The Morgan fingerprint density at radius 3 is 2.79 bits per heavy atom. The number of aromatic hydroxyl groups is 1. The van der Waals surface area contributed by atoms with Gasteiger partial charge in [-0.2, -0.15) is 0 Å². The van der Waals surface area contributed by atoms with E-state index in [1.165, 1.54) is 23.1 Å². The lowest BCUT2D eigenvalue weighted by molar-refractivity contribution is -0.153. The fraction of sp³-hybridized carbons (Fsp3) is 0.471. The van der Waals surface area contributed by atoms with E-state index in [1.54, 1.807) is 13.8 Å². The molecule has 0 spiro atoms. The van der Waals surface area contributed by atoms with Gasteiger partial charge in [-0.15, -0.1) is 0 Å². The van der Waals surface area contributed by atoms with E-state index in [0.29, 0.717) is 37.2 Å². The molecule has 1 saturated heterocycles. The molecule has 130 valence electrons. The zero-order chi connectivity index (χ0) is 17.7. The highest BCUT2D eigenvalue weighted by Crippen LogP contribution is 2.21. The number of piperidine rings is 1. The lowest BCUT2D eigenvalue weighted by Crippen LogP contribution is -2.47. The SMILES string of the molecule is CCOC(=O)C1CCCN(C(=O)C(=O)Nc2ccc(O)cc2C)C1. The molecule has 0 saturated carbocycles. The molecule has 0 bridgehead atoms. The number of ether oxygens (including phenoxy) is 1. The fourth-order valence-electron chi connectivity index (χ4n) is 2.72. The summed E-state index contributed by atoms with van der Waals surface area (Å²) < 4.78 is 4.99. The Kier molecular flexibility index (Phi) is 5.78. The number of amides is 2. The number of phenolic OH excluding ortho intramolecular Hbond substituents is 1. The molecule has 7 heteroatoms. The molecule has 1 heterocycles. The second kappa shape index (κ2) is 7.81. The molecule has 1 aromatic rings. The number of aryl methyl sites for hydroxylation is 1. The first-order valence-corrected chi connectivity index (χ1v) is 7.99. The van der Waals surface area contributed by atoms with Crippen LogP contribution in [-0.2, 0) is 19.1 Å². The Hall–Kier alpha value is -2.57. The molecule has 0 radical (unpaired) electrons. The number of esters is 1. The molecule has 1 fully saturated rings. The van der Waals surface area contributed by atoms with E-state index in [2.05, 4.69) is 5.32 Å². The lowest BCUT2D eigenvalue weighted by Gasteiger charge is -2.31. The molecule has 1 atom stereocenters. The Morgan fingerprint density at radius 2 is 2.12 bits per heavy atom. The first-order valence-electron chi connectivity index (χ1n) is 7.99. The van der Waals surface area contributed by atoms with Crippen LogP contribution in [0, 0.1) is 12.8 Å². The van der Waals surface area contributed by atoms with Crippen LogP contribution in [0.2, 0.25) is 0 Å². The van der Waals surface area contributed by atoms with Crippen molar-refractivity contribution >= 4 is 23.5 Å². The summed E-state index contributed by atoms with van der Waals surface area (Å²) in [4.78, 5) is 37.7. The van der Waals surface area contributed by atoms with Crippen molar-refractivity contribution in [2.45, 2.75) is 26.7 Å². The molecule has 1 aromatic carbocycles. The third kappa shape index (κ3) is 4.24. The summed E-state index contributed by atoms with van der Waals surface area (Å²) in [6.45, 7) is 4.38. The highest BCUT2D eigenvalue weighted by Gasteiger charge is 2.32. The first kappa shape index (κ1) is 17.8. The van der Waals surface area contributed by atoms with Gasteiger partial charge in [0, 0.05) is 18.8 Å². The normalized spacial score (nSPS) is 17.2. The third-order valence-electron chi connectivity index (χ3n) is 3.98. The van der Waals surface area contributed by atoms with Gasteiger partial charge in [0.15, 0.2) is 0 Å². The number of nitrogens with one attached hydrogen (secondary N) is 1. The standard InChI is InChI=1S/C17H22N2O5/c1-3-24-17(23)12-5-4-8-19(10-12)16(22)15(21)18-14-7-6-13(20)9-11(14)2/h6-7,9,12,20H,3-5,8,10H2,1-2H3,(H,18,21). The van der Waals surface area contributed by atoms with Crippen LogP contribution in [0.15, 0.2) is 18.2 Å². The Balaban J connectivity index is 1.99. The molecular formula is C17H22N2O5. The van der Waals surface area contributed by atoms with E-state index in [9.17, 15) is 19.5 Å². The minimum Gasteiger partial charge on any atom is -0.508 e. The molecule has 1 aliphatic heterocycles. The van der Waals surface area contributed by atoms with Crippen molar-refractivity contribution in [3.63, 3.8) is 0 Å². The van der Waals surface area contributed by atoms with Crippen molar-refractivity contribution < 1.29 is 24.2 Å². The number of hydrogen-bond donors (Lipinski definition) is 2. The Morgan fingerprint density at radius 1 is 1.38 bits per heavy atom. The van der Waals surface area contributed by atoms with Gasteiger partial charge in [-0.05, 0) is 50.5 Å². The number of carbonyl (C=O) groups excluding carboxylic acids is 3. The first-order chi connectivity index (χ1) is 11.4. The van der Waals surface area contributed by atoms with Crippen molar-refractivity contribution in [2.75, 3.05) is 25.0 Å². The number of phenols is 1. The molecule has 1 aliphatic rings. The van der Waals surface area contributed by atoms with Crippen LogP contribution in [0.25, 0.3) is 0 Å². The lowest BCUT2D eigenvalue weighted by atomic mass is 9.98. The molecule has 2 N–H and O–H groups in total. The van der Waals surface area contributed by atoms with Gasteiger partial charge in [0.1, 0.15) is 5.75 Å². The van der Waals surface area contributed by atoms with Crippen molar-refractivity contribution in [1.29, 1.82) is 0 Å². The minimum atomic E-state index is -0.756. The van der Waals surface area contributed by atoms with Crippen molar-refractivity contribution in [3.05, 3.63) is 23.8 Å². The highest BCUT2D eigenvalue weighted by atomic mass is 16.5. The molecule has 0 aliphatic carbocycles. The topological polar surface area (TPSA) is 95.9 Å². The highest BCUT2D eigenvalue weighted by molar-refractivity contribution is 6.39. The van der Waals surface area contributed by atoms with Crippen molar-refractivity contribution in [3.8, 4) is 5.75 Å². The Bertz CT molecular complexity index is 644. The summed E-state index contributed by atoms with van der Waals surface area (Å²) in [5, 5.41) is 11.9. The maximum Gasteiger partial charge on any atom is 0.313 e. The number of nitrogens with zero attached hydrogens (tertiary/aromatic N) is 1. The van der Waals surface area contributed by atoms with E-state index in [1.807, 2.05) is 0 Å². The van der Waals surface area contributed by atoms with Crippen LogP contribution in [0.5, 0.6) is 5.75 Å². The summed E-state index contributed by atoms with van der Waals surface area (Å²) >= 11 is 0. The molecule has 24 heavy (non-hydrogen) atoms. The van der Waals surface area contributed by atoms with Crippen LogP contribution < -0.4 is 5.32 Å². The van der Waals surface area contributed by atoms with E-state index in [-0.39, 0.29) is 24.2 Å². The molecule has 2 amide bonds. The van der Waals surface area contributed by atoms with Gasteiger partial charge in [0.25, 0.3) is 0 Å². The second-order valence-electron chi connectivity index (χ2n) is 5.80. The molecule has 0 aromatic heterocycles. The number of benzene rings is 1. The van der Waals surface area contributed by atoms with Crippen LogP contribution in [-0.4, -0.2) is 47.5 Å². The largest absolute Gasteiger partial charge is 0.508 e. The molecule has 7 nitrogen and oxygen atoms in total. The molecule has 1 unspecified atom stereocenters. The fourth-order valence-corrected chi connectivity index (χ4v) is 2.72. The van der Waals surface area contributed by atoms with E-state index in [4.69, 9.17) is 4.74 Å². The molecular weight excluding hydrogens is 312 g/mol. The minimum absolute atomic E-state index is 0.0881. The summed E-state index contributed by atoms with van der Waals surface area (Å²) in [7, 11) is 0. The average Bonchev–Trinajstić information content (AvgIpc) is 2.57. The Labute approximate surface area is 140 Å². The van der Waals surface area contributed by atoms with Crippen LogP contribution in [0.1, 0.15) is 25.3 Å². The predicted molar refractivity (Wildman–Crippen MR) is 87.4 cm³/mol. The van der Waals surface area contributed by atoms with E-state index >= 15 is 0 Å². The smallest absolute Gasteiger partial charge is 0.313 e. The second-order valence-corrected chi connectivity index (χ2v) is 5.80.